The Morgan fingerprint density at radius 3 is 2.96 bits per heavy atom. The third-order valence-electron chi connectivity index (χ3n) is 5.02. The van der Waals surface area contributed by atoms with Crippen LogP contribution in [0.25, 0.3) is 5.57 Å². The van der Waals surface area contributed by atoms with E-state index < -0.39 is 11.6 Å². The lowest BCUT2D eigenvalue weighted by molar-refractivity contribution is -0.0426. The molecule has 0 spiro atoms. The molecule has 1 fully saturated rings. The fourth-order valence-electron chi connectivity index (χ4n) is 3.67. The number of rotatable bonds is 5. The summed E-state index contributed by atoms with van der Waals surface area (Å²) in [6, 6.07) is 7.81. The Kier molecular flexibility index (Phi) is 6.33. The van der Waals surface area contributed by atoms with Gasteiger partial charge >= 0.3 is 0 Å². The van der Waals surface area contributed by atoms with E-state index in [1.54, 1.807) is 22.7 Å². The maximum Gasteiger partial charge on any atom is 0.219 e. The van der Waals surface area contributed by atoms with Gasteiger partial charge in [-0.25, -0.2) is 13.8 Å². The number of halogens is 2. The van der Waals surface area contributed by atoms with Crippen LogP contribution in [0.1, 0.15) is 45.2 Å². The van der Waals surface area contributed by atoms with Gasteiger partial charge in [-0.2, -0.15) is 5.26 Å². The molecule has 0 aromatic carbocycles. The van der Waals surface area contributed by atoms with E-state index in [0.29, 0.717) is 36.0 Å². The van der Waals surface area contributed by atoms with Crippen LogP contribution in [0.5, 0.6) is 0 Å². The molecule has 1 saturated heterocycles. The van der Waals surface area contributed by atoms with Gasteiger partial charge in [-0.3, -0.25) is 4.90 Å². The summed E-state index contributed by atoms with van der Waals surface area (Å²) in [4.78, 5) is 6.14. The minimum absolute atomic E-state index is 0.0346. The Labute approximate surface area is 164 Å². The molecule has 0 saturated carbocycles. The third kappa shape index (κ3) is 4.59. The van der Waals surface area contributed by atoms with Crippen molar-refractivity contribution in [1.29, 1.82) is 5.26 Å². The standard InChI is InChI=1S/C21H25F2N3S/c1-15(2)27-20-7-3-6-18(25-20)17-8-10-21(23,19(22)13-17)26-12-4-5-16(14-26)9-11-24/h3,6-8,13,15-16H,4-5,9-10,12,14H2,1-2H3. The third-order valence-corrected chi connectivity index (χ3v) is 5.96. The fraction of sp³-hybridized carbons (Fsp3) is 0.524. The van der Waals surface area contributed by atoms with E-state index in [-0.39, 0.29) is 12.3 Å². The fourth-order valence-corrected chi connectivity index (χ4v) is 4.46. The minimum Gasteiger partial charge on any atom is -0.265 e. The minimum atomic E-state index is -2.11. The van der Waals surface area contributed by atoms with E-state index in [2.05, 4.69) is 24.9 Å². The highest BCUT2D eigenvalue weighted by atomic mass is 32.2. The molecule has 0 N–H and O–H groups in total. The maximum absolute atomic E-state index is 15.5. The van der Waals surface area contributed by atoms with Gasteiger partial charge in [0.05, 0.1) is 16.8 Å². The number of aromatic nitrogens is 1. The predicted molar refractivity (Wildman–Crippen MR) is 105 cm³/mol. The largest absolute Gasteiger partial charge is 0.265 e. The number of hydrogen-bond donors (Lipinski definition) is 0. The van der Waals surface area contributed by atoms with E-state index >= 15 is 4.39 Å². The first-order valence-electron chi connectivity index (χ1n) is 9.45. The van der Waals surface area contributed by atoms with Crippen LogP contribution in [0, 0.1) is 17.2 Å². The van der Waals surface area contributed by atoms with Gasteiger partial charge in [-0.15, -0.1) is 11.8 Å². The first-order chi connectivity index (χ1) is 12.9. The van der Waals surface area contributed by atoms with E-state index in [1.165, 1.54) is 6.08 Å². The van der Waals surface area contributed by atoms with Crippen LogP contribution in [0.4, 0.5) is 8.78 Å². The molecular weight excluding hydrogens is 364 g/mol. The van der Waals surface area contributed by atoms with Gasteiger partial charge in [-0.1, -0.05) is 26.0 Å². The number of pyridine rings is 1. The maximum atomic E-state index is 15.5. The van der Waals surface area contributed by atoms with E-state index in [9.17, 15) is 4.39 Å². The zero-order valence-corrected chi connectivity index (χ0v) is 16.6. The van der Waals surface area contributed by atoms with Gasteiger partial charge in [0.1, 0.15) is 0 Å². The van der Waals surface area contributed by atoms with Gasteiger partial charge in [-0.05, 0) is 42.5 Å². The number of likely N-dealkylation sites (tertiary alicyclic amines) is 1. The van der Waals surface area contributed by atoms with Crippen LogP contribution >= 0.6 is 11.8 Å². The van der Waals surface area contributed by atoms with Gasteiger partial charge in [0.2, 0.25) is 5.79 Å². The van der Waals surface area contributed by atoms with Crippen molar-refractivity contribution in [2.45, 2.75) is 55.6 Å². The molecule has 0 radical (unpaired) electrons. The first-order valence-corrected chi connectivity index (χ1v) is 10.3. The summed E-state index contributed by atoms with van der Waals surface area (Å²) >= 11 is 1.64. The average molecular weight is 390 g/mol. The molecular formula is C21H25F2N3S. The number of thioether (sulfide) groups is 1. The summed E-state index contributed by atoms with van der Waals surface area (Å²) < 4.78 is 30.4. The van der Waals surface area contributed by atoms with Gasteiger partial charge < -0.3 is 0 Å². The molecule has 3 nitrogen and oxygen atoms in total. The summed E-state index contributed by atoms with van der Waals surface area (Å²) in [5.41, 5.74) is 1.29. The van der Waals surface area contributed by atoms with Crippen LogP contribution in [-0.2, 0) is 0 Å². The second kappa shape index (κ2) is 8.53. The highest BCUT2D eigenvalue weighted by Crippen LogP contribution is 2.41. The Balaban J connectivity index is 1.77. The van der Waals surface area contributed by atoms with E-state index in [0.717, 1.165) is 17.9 Å². The molecule has 3 rings (SSSR count). The van der Waals surface area contributed by atoms with Gasteiger partial charge in [0.25, 0.3) is 0 Å². The Morgan fingerprint density at radius 2 is 2.26 bits per heavy atom. The zero-order chi connectivity index (χ0) is 19.4. The lowest BCUT2D eigenvalue weighted by Crippen LogP contribution is -2.51. The SMILES string of the molecule is CC(C)Sc1cccc(C2=CCC(F)(N3CCCC(CC#N)C3)C(F)=C2)n1. The van der Waals surface area contributed by atoms with Crippen LogP contribution < -0.4 is 0 Å². The van der Waals surface area contributed by atoms with Crippen LogP contribution in [0.15, 0.2) is 41.2 Å². The summed E-state index contributed by atoms with van der Waals surface area (Å²) in [7, 11) is 0. The van der Waals surface area contributed by atoms with Crippen molar-refractivity contribution in [1.82, 2.24) is 9.88 Å². The molecule has 2 heterocycles. The smallest absolute Gasteiger partial charge is 0.219 e. The van der Waals surface area contributed by atoms with Crippen molar-refractivity contribution < 1.29 is 8.78 Å². The van der Waals surface area contributed by atoms with Crippen LogP contribution in [0.3, 0.4) is 0 Å². The predicted octanol–water partition coefficient (Wildman–Crippen LogP) is 5.51. The number of alkyl halides is 1. The Bertz CT molecular complexity index is 784. The molecule has 2 unspecified atom stereocenters. The van der Waals surface area contributed by atoms with Crippen molar-refractivity contribution in [3.63, 3.8) is 0 Å². The number of nitrogens with zero attached hydrogens (tertiary/aromatic N) is 3. The van der Waals surface area contributed by atoms with Crippen molar-refractivity contribution in [2.24, 2.45) is 5.92 Å². The molecule has 2 aliphatic rings. The first kappa shape index (κ1) is 20.0. The summed E-state index contributed by atoms with van der Waals surface area (Å²) in [6.07, 6.45) is 5.07. The summed E-state index contributed by atoms with van der Waals surface area (Å²) in [5.74, 6) is -2.76. The second-order valence-electron chi connectivity index (χ2n) is 7.46. The van der Waals surface area contributed by atoms with Crippen LogP contribution in [0.2, 0.25) is 0 Å². The molecule has 1 aromatic heterocycles. The van der Waals surface area contributed by atoms with Crippen molar-refractivity contribution >= 4 is 17.3 Å². The van der Waals surface area contributed by atoms with E-state index in [1.807, 2.05) is 18.2 Å². The van der Waals surface area contributed by atoms with Crippen molar-refractivity contribution in [2.75, 3.05) is 13.1 Å². The average Bonchev–Trinajstić information content (AvgIpc) is 2.64. The monoisotopic (exact) mass is 389 g/mol. The van der Waals surface area contributed by atoms with E-state index in [4.69, 9.17) is 5.26 Å². The molecule has 27 heavy (non-hydrogen) atoms. The lowest BCUT2D eigenvalue weighted by Gasteiger charge is -2.42. The van der Waals surface area contributed by atoms with Crippen molar-refractivity contribution in [3.8, 4) is 6.07 Å². The molecule has 6 heteroatoms. The molecule has 144 valence electrons. The Hall–Kier alpha value is -1.71. The van der Waals surface area contributed by atoms with Crippen LogP contribution in [-0.4, -0.2) is 34.0 Å². The number of allylic oxidation sites excluding steroid dienone is 2. The highest BCUT2D eigenvalue weighted by Gasteiger charge is 2.44. The van der Waals surface area contributed by atoms with Crippen molar-refractivity contribution in [3.05, 3.63) is 41.9 Å². The topological polar surface area (TPSA) is 39.9 Å². The molecule has 0 amide bonds. The zero-order valence-electron chi connectivity index (χ0n) is 15.8. The lowest BCUT2D eigenvalue weighted by atomic mass is 9.90. The number of hydrogen-bond acceptors (Lipinski definition) is 4. The summed E-state index contributed by atoms with van der Waals surface area (Å²) in [5, 5.41) is 10.2. The summed E-state index contributed by atoms with van der Waals surface area (Å²) in [6.45, 7) is 5.12. The van der Waals surface area contributed by atoms with Gasteiger partial charge in [0, 0.05) is 31.2 Å². The molecule has 1 aliphatic heterocycles. The molecule has 1 aliphatic carbocycles. The molecule has 0 bridgehead atoms. The quantitative estimate of drug-likeness (QED) is 0.491. The Morgan fingerprint density at radius 1 is 1.44 bits per heavy atom. The number of nitriles is 1. The number of piperidine rings is 1. The molecule has 1 aromatic rings. The van der Waals surface area contributed by atoms with Gasteiger partial charge in [0.15, 0.2) is 5.83 Å². The normalized spacial score (nSPS) is 26.4. The second-order valence-corrected chi connectivity index (χ2v) is 9.06. The highest BCUT2D eigenvalue weighted by molar-refractivity contribution is 7.99. The molecule has 2 atom stereocenters.